The third-order valence-electron chi connectivity index (χ3n) is 2.58. The standard InChI is InChI=1S/C6H10O/c1-4-2-6(4)3-5(6)7/h4-5,7H,2-3H2,1H3. The first-order valence-electron chi connectivity index (χ1n) is 2.94. The topological polar surface area (TPSA) is 20.2 Å². The zero-order chi connectivity index (χ0) is 5.07. The van der Waals surface area contributed by atoms with Crippen molar-refractivity contribution in [2.45, 2.75) is 25.9 Å². The number of rotatable bonds is 0. The lowest BCUT2D eigenvalue weighted by atomic mass is 10.3. The molecule has 0 heterocycles. The van der Waals surface area contributed by atoms with Crippen molar-refractivity contribution < 1.29 is 5.11 Å². The Morgan fingerprint density at radius 2 is 2.00 bits per heavy atom. The second-order valence-corrected chi connectivity index (χ2v) is 3.06. The van der Waals surface area contributed by atoms with Crippen LogP contribution in [0.1, 0.15) is 19.8 Å². The average molecular weight is 98.1 g/mol. The van der Waals surface area contributed by atoms with E-state index in [0.29, 0.717) is 5.41 Å². The lowest BCUT2D eigenvalue weighted by Crippen LogP contribution is -1.83. The van der Waals surface area contributed by atoms with Gasteiger partial charge in [-0.25, -0.2) is 0 Å². The van der Waals surface area contributed by atoms with Gasteiger partial charge in [0, 0.05) is 5.41 Å². The van der Waals surface area contributed by atoms with E-state index in [9.17, 15) is 0 Å². The van der Waals surface area contributed by atoms with Crippen LogP contribution < -0.4 is 0 Å². The molecular formula is C6H10O. The van der Waals surface area contributed by atoms with Crippen LogP contribution >= 0.6 is 0 Å². The third-order valence-corrected chi connectivity index (χ3v) is 2.58. The van der Waals surface area contributed by atoms with Crippen LogP contribution in [0, 0.1) is 11.3 Å². The molecule has 40 valence electrons. The summed E-state index contributed by atoms with van der Waals surface area (Å²) in [6.45, 7) is 2.22. The molecule has 3 atom stereocenters. The largest absolute Gasteiger partial charge is 0.393 e. The van der Waals surface area contributed by atoms with Crippen molar-refractivity contribution in [3.8, 4) is 0 Å². The molecule has 0 radical (unpaired) electrons. The van der Waals surface area contributed by atoms with Crippen molar-refractivity contribution in [3.05, 3.63) is 0 Å². The SMILES string of the molecule is CC1CC12CC2O. The lowest BCUT2D eigenvalue weighted by molar-refractivity contribution is 0.251. The van der Waals surface area contributed by atoms with Gasteiger partial charge in [0.1, 0.15) is 0 Å². The van der Waals surface area contributed by atoms with Gasteiger partial charge >= 0.3 is 0 Å². The van der Waals surface area contributed by atoms with Crippen LogP contribution in [-0.4, -0.2) is 11.2 Å². The van der Waals surface area contributed by atoms with Gasteiger partial charge in [-0.15, -0.1) is 0 Å². The quantitative estimate of drug-likeness (QED) is 0.474. The Labute approximate surface area is 43.3 Å². The summed E-state index contributed by atoms with van der Waals surface area (Å²) in [6.07, 6.45) is 2.46. The first-order valence-corrected chi connectivity index (χ1v) is 2.94. The van der Waals surface area contributed by atoms with E-state index in [1.54, 1.807) is 0 Å². The Morgan fingerprint density at radius 1 is 1.57 bits per heavy atom. The Balaban J connectivity index is 2.11. The third kappa shape index (κ3) is 0.290. The number of aliphatic hydroxyl groups excluding tert-OH is 1. The van der Waals surface area contributed by atoms with E-state index in [0.717, 1.165) is 12.3 Å². The summed E-state index contributed by atoms with van der Waals surface area (Å²) in [4.78, 5) is 0. The monoisotopic (exact) mass is 98.1 g/mol. The molecule has 1 nitrogen and oxygen atoms in total. The Morgan fingerprint density at radius 3 is 2.00 bits per heavy atom. The van der Waals surface area contributed by atoms with E-state index in [-0.39, 0.29) is 6.10 Å². The highest BCUT2D eigenvalue weighted by Crippen LogP contribution is 2.70. The average Bonchev–Trinajstić information content (AvgIpc) is 2.28. The maximum atomic E-state index is 8.93. The molecule has 0 saturated heterocycles. The van der Waals surface area contributed by atoms with Gasteiger partial charge in [0.2, 0.25) is 0 Å². The number of aliphatic hydroxyl groups is 1. The summed E-state index contributed by atoms with van der Waals surface area (Å²) in [5, 5.41) is 8.93. The van der Waals surface area contributed by atoms with Crippen LogP contribution in [-0.2, 0) is 0 Å². The molecule has 2 saturated carbocycles. The molecule has 1 N–H and O–H groups in total. The van der Waals surface area contributed by atoms with Gasteiger partial charge in [0.25, 0.3) is 0 Å². The molecule has 2 rings (SSSR count). The summed E-state index contributed by atoms with van der Waals surface area (Å²) in [6, 6.07) is 0. The van der Waals surface area contributed by atoms with Crippen molar-refractivity contribution in [2.24, 2.45) is 11.3 Å². The maximum Gasteiger partial charge on any atom is 0.0606 e. The molecule has 0 amide bonds. The molecule has 0 aromatic rings. The molecule has 1 spiro atoms. The molecule has 0 aliphatic heterocycles. The Bertz CT molecular complexity index is 94.7. The minimum atomic E-state index is 0.0856. The summed E-state index contributed by atoms with van der Waals surface area (Å²) in [7, 11) is 0. The fraction of sp³-hybridized carbons (Fsp3) is 1.00. The van der Waals surface area contributed by atoms with Crippen molar-refractivity contribution in [1.29, 1.82) is 0 Å². The van der Waals surface area contributed by atoms with Gasteiger partial charge in [-0.05, 0) is 18.8 Å². The molecule has 0 bridgehead atoms. The van der Waals surface area contributed by atoms with Crippen LogP contribution in [0.3, 0.4) is 0 Å². The molecular weight excluding hydrogens is 88.1 g/mol. The van der Waals surface area contributed by atoms with E-state index in [1.807, 2.05) is 0 Å². The van der Waals surface area contributed by atoms with Gasteiger partial charge in [-0.2, -0.15) is 0 Å². The molecule has 0 aromatic heterocycles. The van der Waals surface area contributed by atoms with E-state index in [2.05, 4.69) is 6.92 Å². The van der Waals surface area contributed by atoms with Crippen LogP contribution in [0.4, 0.5) is 0 Å². The Hall–Kier alpha value is -0.0400. The van der Waals surface area contributed by atoms with Crippen LogP contribution in [0.2, 0.25) is 0 Å². The number of hydrogen-bond acceptors (Lipinski definition) is 1. The molecule has 2 aliphatic carbocycles. The van der Waals surface area contributed by atoms with E-state index < -0.39 is 0 Å². The molecule has 2 fully saturated rings. The fourth-order valence-corrected chi connectivity index (χ4v) is 1.56. The highest BCUT2D eigenvalue weighted by Gasteiger charge is 2.68. The minimum absolute atomic E-state index is 0.0856. The maximum absolute atomic E-state index is 8.93. The minimum Gasteiger partial charge on any atom is -0.393 e. The predicted molar refractivity (Wildman–Crippen MR) is 26.8 cm³/mol. The van der Waals surface area contributed by atoms with Crippen molar-refractivity contribution in [3.63, 3.8) is 0 Å². The molecule has 0 aromatic carbocycles. The van der Waals surface area contributed by atoms with Crippen LogP contribution in [0.15, 0.2) is 0 Å². The molecule has 1 heteroatoms. The Kier molecular flexibility index (Phi) is 0.419. The van der Waals surface area contributed by atoms with E-state index in [1.165, 1.54) is 6.42 Å². The van der Waals surface area contributed by atoms with Gasteiger partial charge < -0.3 is 5.11 Å². The zero-order valence-electron chi connectivity index (χ0n) is 4.52. The lowest BCUT2D eigenvalue weighted by Gasteiger charge is -1.78. The van der Waals surface area contributed by atoms with Crippen molar-refractivity contribution in [2.75, 3.05) is 0 Å². The molecule has 3 unspecified atom stereocenters. The van der Waals surface area contributed by atoms with Gasteiger partial charge in [-0.1, -0.05) is 6.92 Å². The summed E-state index contributed by atoms with van der Waals surface area (Å²) >= 11 is 0. The smallest absolute Gasteiger partial charge is 0.0606 e. The van der Waals surface area contributed by atoms with Crippen molar-refractivity contribution in [1.82, 2.24) is 0 Å². The zero-order valence-corrected chi connectivity index (χ0v) is 4.52. The number of hydrogen-bond donors (Lipinski definition) is 1. The van der Waals surface area contributed by atoms with Crippen molar-refractivity contribution >= 4 is 0 Å². The van der Waals surface area contributed by atoms with Gasteiger partial charge in [0.05, 0.1) is 6.10 Å². The van der Waals surface area contributed by atoms with E-state index >= 15 is 0 Å². The van der Waals surface area contributed by atoms with Crippen LogP contribution in [0.25, 0.3) is 0 Å². The first-order chi connectivity index (χ1) is 3.26. The predicted octanol–water partition coefficient (Wildman–Crippen LogP) is 0.777. The highest BCUT2D eigenvalue weighted by atomic mass is 16.3. The second kappa shape index (κ2) is 0.752. The first kappa shape index (κ1) is 3.90. The van der Waals surface area contributed by atoms with Crippen LogP contribution in [0.5, 0.6) is 0 Å². The van der Waals surface area contributed by atoms with Gasteiger partial charge in [-0.3, -0.25) is 0 Å². The fourth-order valence-electron chi connectivity index (χ4n) is 1.56. The van der Waals surface area contributed by atoms with E-state index in [4.69, 9.17) is 5.11 Å². The summed E-state index contributed by atoms with van der Waals surface area (Å²) in [5.41, 5.74) is 0.472. The molecule has 7 heavy (non-hydrogen) atoms. The van der Waals surface area contributed by atoms with Gasteiger partial charge in [0.15, 0.2) is 0 Å². The normalized spacial score (nSPS) is 66.0. The molecule has 2 aliphatic rings. The summed E-state index contributed by atoms with van der Waals surface area (Å²) in [5.74, 6) is 0.836. The highest BCUT2D eigenvalue weighted by molar-refractivity contribution is 5.17. The summed E-state index contributed by atoms with van der Waals surface area (Å²) < 4.78 is 0. The second-order valence-electron chi connectivity index (χ2n) is 3.06.